The highest BCUT2D eigenvalue weighted by Crippen LogP contribution is 2.60. The van der Waals surface area contributed by atoms with Crippen LogP contribution in [0.4, 0.5) is 0 Å². The van der Waals surface area contributed by atoms with Gasteiger partial charge in [-0.25, -0.2) is 4.79 Å². The van der Waals surface area contributed by atoms with E-state index in [-0.39, 0.29) is 22.2 Å². The van der Waals surface area contributed by atoms with Crippen LogP contribution in [0.3, 0.4) is 0 Å². The summed E-state index contributed by atoms with van der Waals surface area (Å²) in [4.78, 5) is 35.0. The quantitative estimate of drug-likeness (QED) is 0.502. The van der Waals surface area contributed by atoms with Gasteiger partial charge in [0.1, 0.15) is 10.8 Å². The summed E-state index contributed by atoms with van der Waals surface area (Å²) < 4.78 is 0.642. The molecule has 0 aliphatic carbocycles. The topological polar surface area (TPSA) is 98.1 Å². The maximum absolute atomic E-state index is 12.4. The molecule has 5 atom stereocenters. The summed E-state index contributed by atoms with van der Waals surface area (Å²) in [6.45, 7) is 3.26. The first-order valence-electron chi connectivity index (χ1n) is 7.27. The Labute approximate surface area is 138 Å². The van der Waals surface area contributed by atoms with Crippen molar-refractivity contribution in [3.05, 3.63) is 9.93 Å². The summed E-state index contributed by atoms with van der Waals surface area (Å²) >= 11 is 2.84. The molecule has 0 bridgehead atoms. The lowest BCUT2D eigenvalue weighted by Gasteiger charge is -2.51. The van der Waals surface area contributed by atoms with Gasteiger partial charge in [-0.2, -0.15) is 0 Å². The van der Waals surface area contributed by atoms with Crippen LogP contribution < -0.4 is 0 Å². The van der Waals surface area contributed by atoms with Crippen LogP contribution in [-0.2, 0) is 9.59 Å². The molecule has 3 N–H and O–H groups in total. The van der Waals surface area contributed by atoms with Gasteiger partial charge in [0.2, 0.25) is 5.91 Å². The van der Waals surface area contributed by atoms with Crippen LogP contribution in [0.25, 0.3) is 0 Å². The molecule has 3 rings (SSSR count). The molecular formula is C13H19NO5S2Si. The third-order valence-electron chi connectivity index (χ3n) is 4.78. The molecule has 0 radical (unpaired) electrons. The predicted octanol–water partition coefficient (Wildman–Crippen LogP) is 0.764. The molecule has 5 unspecified atom stereocenters. The average Bonchev–Trinajstić information content (AvgIpc) is 3.00. The van der Waals surface area contributed by atoms with Gasteiger partial charge >= 0.3 is 5.97 Å². The minimum absolute atomic E-state index is 0.0474. The summed E-state index contributed by atoms with van der Waals surface area (Å²) in [5.74, 6) is -1.43. The largest absolute Gasteiger partial charge is 0.477 e. The summed E-state index contributed by atoms with van der Waals surface area (Å²) in [6.07, 6.45) is 0.0789. The molecule has 0 aromatic carbocycles. The van der Waals surface area contributed by atoms with E-state index in [2.05, 4.69) is 0 Å². The minimum Gasteiger partial charge on any atom is -0.477 e. The Hall–Kier alpha value is -0.483. The van der Waals surface area contributed by atoms with Crippen molar-refractivity contribution >= 4 is 44.4 Å². The molecule has 3 aliphatic rings. The number of rotatable bonds is 4. The maximum atomic E-state index is 12.4. The third-order valence-corrected chi connectivity index (χ3v) is 10.3. The molecule has 22 heavy (non-hydrogen) atoms. The first kappa shape index (κ1) is 16.4. The van der Waals surface area contributed by atoms with Crippen molar-refractivity contribution in [1.29, 1.82) is 0 Å². The fourth-order valence-corrected chi connectivity index (χ4v) is 9.42. The van der Waals surface area contributed by atoms with Crippen LogP contribution in [0.2, 0.25) is 12.1 Å². The third kappa shape index (κ3) is 2.25. The summed E-state index contributed by atoms with van der Waals surface area (Å²) in [7, 11) is -1.60. The molecule has 2 fully saturated rings. The van der Waals surface area contributed by atoms with E-state index in [0.717, 1.165) is 18.5 Å². The number of aliphatic carboxylic acids is 1. The van der Waals surface area contributed by atoms with Gasteiger partial charge in [0.25, 0.3) is 0 Å². The minimum atomic E-state index is -1.60. The number of aliphatic hydroxyl groups excluding tert-OH is 1. The van der Waals surface area contributed by atoms with Crippen molar-refractivity contribution in [3.8, 4) is 0 Å². The highest BCUT2D eigenvalue weighted by atomic mass is 32.2. The summed E-state index contributed by atoms with van der Waals surface area (Å²) in [5.41, 5.74) is -0.886. The smallest absolute Gasteiger partial charge is 0.354 e. The van der Waals surface area contributed by atoms with Gasteiger partial charge in [0, 0.05) is 5.25 Å². The van der Waals surface area contributed by atoms with Crippen molar-refractivity contribution < 1.29 is 24.6 Å². The standard InChI is InChI=1S/C13H19NO5S2Si/c1-6(15)13(2)11(18)14-8(9(16)17)10(21-12(13)14)20-7-3-4-22(19)5-7/h6-7,12,15,19,22H,3-5H2,1-2H3,(H,16,17). The second-order valence-electron chi connectivity index (χ2n) is 6.25. The SMILES string of the molecule is CC(O)C1(C)C(=O)N2C(C(=O)O)=C(SC3CC[SiH](O)C3)SC21. The fraction of sp³-hybridized carbons (Fsp3) is 0.692. The normalized spacial score (nSPS) is 39.0. The number of carboxylic acid groups (broad SMARTS) is 1. The molecule has 0 spiro atoms. The van der Waals surface area contributed by atoms with Crippen LogP contribution in [0.1, 0.15) is 20.3 Å². The lowest BCUT2D eigenvalue weighted by molar-refractivity contribution is -0.170. The Morgan fingerprint density at radius 3 is 2.77 bits per heavy atom. The van der Waals surface area contributed by atoms with Gasteiger partial charge in [0.05, 0.1) is 10.3 Å². The van der Waals surface area contributed by atoms with Crippen molar-refractivity contribution in [2.24, 2.45) is 5.41 Å². The van der Waals surface area contributed by atoms with Crippen LogP contribution in [0, 0.1) is 5.41 Å². The molecule has 3 aliphatic heterocycles. The molecule has 122 valence electrons. The van der Waals surface area contributed by atoms with Crippen molar-refractivity contribution in [2.45, 2.75) is 49.1 Å². The first-order chi connectivity index (χ1) is 10.3. The highest BCUT2D eigenvalue weighted by molar-refractivity contribution is 8.23. The fourth-order valence-electron chi connectivity index (χ4n) is 3.16. The van der Waals surface area contributed by atoms with Gasteiger partial charge in [-0.1, -0.05) is 11.8 Å². The number of carboxylic acids is 1. The number of thioether (sulfide) groups is 2. The molecule has 0 aromatic heterocycles. The number of aliphatic hydroxyl groups is 1. The zero-order valence-electron chi connectivity index (χ0n) is 12.4. The molecular weight excluding hydrogens is 342 g/mol. The number of nitrogens with zero attached hydrogens (tertiary/aromatic N) is 1. The van der Waals surface area contributed by atoms with Crippen molar-refractivity contribution in [3.63, 3.8) is 0 Å². The van der Waals surface area contributed by atoms with E-state index in [0.29, 0.717) is 4.24 Å². The van der Waals surface area contributed by atoms with E-state index in [1.807, 2.05) is 0 Å². The number of fused-ring (bicyclic) bond motifs is 1. The van der Waals surface area contributed by atoms with Crippen LogP contribution in [0.15, 0.2) is 9.93 Å². The van der Waals surface area contributed by atoms with Gasteiger partial charge in [-0.05, 0) is 32.4 Å². The molecule has 3 heterocycles. The van der Waals surface area contributed by atoms with Crippen LogP contribution in [0.5, 0.6) is 0 Å². The van der Waals surface area contributed by atoms with E-state index >= 15 is 0 Å². The average molecular weight is 362 g/mol. The van der Waals surface area contributed by atoms with Crippen molar-refractivity contribution in [1.82, 2.24) is 4.90 Å². The Morgan fingerprint density at radius 2 is 2.27 bits per heavy atom. The molecule has 2 saturated heterocycles. The maximum Gasteiger partial charge on any atom is 0.354 e. The molecule has 6 nitrogen and oxygen atoms in total. The highest BCUT2D eigenvalue weighted by Gasteiger charge is 2.66. The second kappa shape index (κ2) is 5.55. The van der Waals surface area contributed by atoms with E-state index in [4.69, 9.17) is 0 Å². The van der Waals surface area contributed by atoms with Crippen LogP contribution in [-0.4, -0.2) is 57.6 Å². The Morgan fingerprint density at radius 1 is 1.59 bits per heavy atom. The molecule has 0 saturated carbocycles. The zero-order valence-corrected chi connectivity index (χ0v) is 15.1. The number of amides is 1. The van der Waals surface area contributed by atoms with Gasteiger partial charge < -0.3 is 15.0 Å². The van der Waals surface area contributed by atoms with Gasteiger partial charge in [0.15, 0.2) is 14.7 Å². The number of carbonyl (C=O) groups excluding carboxylic acids is 1. The van der Waals surface area contributed by atoms with Crippen molar-refractivity contribution in [2.75, 3.05) is 0 Å². The predicted molar refractivity (Wildman–Crippen MR) is 87.7 cm³/mol. The summed E-state index contributed by atoms with van der Waals surface area (Å²) in [6, 6.07) is 1.66. The van der Waals surface area contributed by atoms with Crippen LogP contribution >= 0.6 is 23.5 Å². The van der Waals surface area contributed by atoms with E-state index < -0.39 is 26.5 Å². The van der Waals surface area contributed by atoms with Gasteiger partial charge in [-0.3, -0.25) is 9.69 Å². The number of carbonyl (C=O) groups is 2. The van der Waals surface area contributed by atoms with E-state index in [9.17, 15) is 24.6 Å². The van der Waals surface area contributed by atoms with E-state index in [1.54, 1.807) is 13.8 Å². The van der Waals surface area contributed by atoms with Gasteiger partial charge in [-0.15, -0.1) is 11.8 Å². The molecule has 0 aromatic rings. The number of β-lactam (4-membered cyclic amide) rings is 1. The lowest BCUT2D eigenvalue weighted by atomic mass is 9.75. The Bertz CT molecular complexity index is 569. The zero-order chi connectivity index (χ0) is 16.2. The summed E-state index contributed by atoms with van der Waals surface area (Å²) in [5, 5.41) is 19.3. The first-order valence-corrected chi connectivity index (χ1v) is 11.2. The molecule has 1 amide bonds. The molecule has 9 heteroatoms. The number of hydrogen-bond donors (Lipinski definition) is 3. The Balaban J connectivity index is 1.84. The second-order valence-corrected chi connectivity index (χ2v) is 11.3. The lowest BCUT2D eigenvalue weighted by Crippen LogP contribution is -2.68. The number of hydrogen-bond acceptors (Lipinski definition) is 6. The van der Waals surface area contributed by atoms with E-state index in [1.165, 1.54) is 28.4 Å². The Kier molecular flexibility index (Phi) is 4.13. The monoisotopic (exact) mass is 361 g/mol.